The third-order valence-corrected chi connectivity index (χ3v) is 2.86. The van der Waals surface area contributed by atoms with Gasteiger partial charge in [0.1, 0.15) is 0 Å². The fourth-order valence-corrected chi connectivity index (χ4v) is 1.78. The first-order valence-electron chi connectivity index (χ1n) is 6.80. The molecule has 0 aliphatic rings. The number of carbonyl (C=O) groups is 1. The number of aryl methyl sites for hydroxylation is 1. The van der Waals surface area contributed by atoms with Gasteiger partial charge in [-0.3, -0.25) is 4.79 Å². The first kappa shape index (κ1) is 15.5. The van der Waals surface area contributed by atoms with Gasteiger partial charge in [0.15, 0.2) is 0 Å². The monoisotopic (exact) mass is 264 g/mol. The highest BCUT2D eigenvalue weighted by Gasteiger charge is 2.06. The number of rotatable bonds is 8. The van der Waals surface area contributed by atoms with Crippen LogP contribution < -0.4 is 10.6 Å². The zero-order valence-electron chi connectivity index (χ0n) is 12.1. The Hall–Kier alpha value is -1.55. The summed E-state index contributed by atoms with van der Waals surface area (Å²) in [6.45, 7) is 6.40. The van der Waals surface area contributed by atoms with Crippen LogP contribution in [0.4, 0.5) is 5.69 Å². The molecule has 106 valence electrons. The molecule has 0 spiro atoms. The third kappa shape index (κ3) is 5.30. The molecule has 0 aliphatic heterocycles. The predicted molar refractivity (Wildman–Crippen MR) is 78.8 cm³/mol. The maximum atomic E-state index is 11.9. The highest BCUT2D eigenvalue weighted by Crippen LogP contribution is 2.16. The van der Waals surface area contributed by atoms with Gasteiger partial charge >= 0.3 is 0 Å². The van der Waals surface area contributed by atoms with E-state index >= 15 is 0 Å². The van der Waals surface area contributed by atoms with Crippen LogP contribution in [-0.4, -0.2) is 32.7 Å². The molecule has 0 saturated carbocycles. The molecule has 19 heavy (non-hydrogen) atoms. The lowest BCUT2D eigenvalue weighted by Crippen LogP contribution is -2.25. The number of amides is 1. The number of hydrogen-bond acceptors (Lipinski definition) is 3. The van der Waals surface area contributed by atoms with Gasteiger partial charge in [-0.1, -0.05) is 6.92 Å². The van der Waals surface area contributed by atoms with E-state index in [9.17, 15) is 4.79 Å². The van der Waals surface area contributed by atoms with E-state index in [-0.39, 0.29) is 5.91 Å². The van der Waals surface area contributed by atoms with Crippen molar-refractivity contribution in [2.24, 2.45) is 0 Å². The molecule has 0 unspecified atom stereocenters. The largest absolute Gasteiger partial charge is 0.385 e. The molecule has 0 bridgehead atoms. The number of hydrogen-bond donors (Lipinski definition) is 2. The molecule has 0 saturated heterocycles. The Morgan fingerprint density at radius 2 is 2.11 bits per heavy atom. The second-order valence-electron chi connectivity index (χ2n) is 4.56. The van der Waals surface area contributed by atoms with Gasteiger partial charge in [-0.05, 0) is 43.5 Å². The molecule has 1 rings (SSSR count). The first-order chi connectivity index (χ1) is 9.19. The van der Waals surface area contributed by atoms with E-state index in [1.807, 2.05) is 25.1 Å². The van der Waals surface area contributed by atoms with Crippen LogP contribution in [0.2, 0.25) is 0 Å². The number of nitrogens with one attached hydrogen (secondary N) is 2. The number of anilines is 1. The Balaban J connectivity index is 2.54. The number of carbonyl (C=O) groups excluding carboxylic acids is 1. The van der Waals surface area contributed by atoms with Crippen LogP contribution >= 0.6 is 0 Å². The summed E-state index contributed by atoms with van der Waals surface area (Å²) in [6.07, 6.45) is 1.92. The molecule has 0 radical (unpaired) electrons. The summed E-state index contributed by atoms with van der Waals surface area (Å²) in [6, 6.07) is 5.75. The molecule has 0 heterocycles. The molecule has 0 atom stereocenters. The average Bonchev–Trinajstić information content (AvgIpc) is 2.42. The molecule has 4 nitrogen and oxygen atoms in total. The first-order valence-corrected chi connectivity index (χ1v) is 6.80. The van der Waals surface area contributed by atoms with E-state index in [1.165, 1.54) is 0 Å². The van der Waals surface area contributed by atoms with E-state index in [4.69, 9.17) is 4.74 Å². The van der Waals surface area contributed by atoms with E-state index in [0.29, 0.717) is 18.7 Å². The molecule has 0 aromatic heterocycles. The summed E-state index contributed by atoms with van der Waals surface area (Å²) < 4.78 is 4.94. The summed E-state index contributed by atoms with van der Waals surface area (Å²) in [7, 11) is 1.66. The van der Waals surface area contributed by atoms with Crippen LogP contribution in [0.25, 0.3) is 0 Å². The normalized spacial score (nSPS) is 10.3. The van der Waals surface area contributed by atoms with Gasteiger partial charge in [-0.2, -0.15) is 0 Å². The van der Waals surface area contributed by atoms with Gasteiger partial charge in [0.2, 0.25) is 0 Å². The van der Waals surface area contributed by atoms with Gasteiger partial charge in [0, 0.05) is 38.1 Å². The summed E-state index contributed by atoms with van der Waals surface area (Å²) in [5.41, 5.74) is 2.90. The molecular weight excluding hydrogens is 240 g/mol. The fourth-order valence-electron chi connectivity index (χ4n) is 1.78. The molecule has 1 aromatic rings. The predicted octanol–water partition coefficient (Wildman–Crippen LogP) is 2.58. The van der Waals surface area contributed by atoms with Crippen molar-refractivity contribution in [3.05, 3.63) is 29.3 Å². The van der Waals surface area contributed by atoms with Crippen LogP contribution in [0.1, 0.15) is 35.7 Å². The Morgan fingerprint density at radius 1 is 1.32 bits per heavy atom. The quantitative estimate of drug-likeness (QED) is 0.710. The average molecular weight is 264 g/mol. The zero-order valence-corrected chi connectivity index (χ0v) is 12.1. The van der Waals surface area contributed by atoms with Crippen LogP contribution in [0.15, 0.2) is 18.2 Å². The van der Waals surface area contributed by atoms with Crippen LogP contribution in [0.3, 0.4) is 0 Å². The van der Waals surface area contributed by atoms with Gasteiger partial charge in [0.05, 0.1) is 0 Å². The number of methoxy groups -OCH3 is 1. The molecule has 1 aromatic carbocycles. The van der Waals surface area contributed by atoms with E-state index in [2.05, 4.69) is 17.6 Å². The van der Waals surface area contributed by atoms with Crippen molar-refractivity contribution in [3.63, 3.8) is 0 Å². The zero-order chi connectivity index (χ0) is 14.1. The fraction of sp³-hybridized carbons (Fsp3) is 0.533. The Morgan fingerprint density at radius 3 is 2.74 bits per heavy atom. The van der Waals surface area contributed by atoms with Gasteiger partial charge in [-0.25, -0.2) is 0 Å². The topological polar surface area (TPSA) is 50.4 Å². The van der Waals surface area contributed by atoms with Crippen molar-refractivity contribution < 1.29 is 9.53 Å². The summed E-state index contributed by atoms with van der Waals surface area (Å²) in [4.78, 5) is 11.9. The second-order valence-corrected chi connectivity index (χ2v) is 4.56. The van der Waals surface area contributed by atoms with Gasteiger partial charge in [0.25, 0.3) is 5.91 Å². The minimum Gasteiger partial charge on any atom is -0.385 e. The van der Waals surface area contributed by atoms with Crippen molar-refractivity contribution in [1.82, 2.24) is 5.32 Å². The van der Waals surface area contributed by atoms with E-state index in [1.54, 1.807) is 7.11 Å². The van der Waals surface area contributed by atoms with Crippen molar-refractivity contribution in [3.8, 4) is 0 Å². The lowest BCUT2D eigenvalue weighted by atomic mass is 10.1. The third-order valence-electron chi connectivity index (χ3n) is 2.86. The maximum absolute atomic E-state index is 11.9. The molecule has 2 N–H and O–H groups in total. The van der Waals surface area contributed by atoms with Crippen molar-refractivity contribution in [2.45, 2.75) is 26.7 Å². The lowest BCUT2D eigenvalue weighted by molar-refractivity contribution is 0.0948. The number of ether oxygens (including phenoxy) is 1. The SMILES string of the molecule is CCCNc1ccc(C(=O)NCCCOC)cc1C. The minimum atomic E-state index is -0.0266. The van der Waals surface area contributed by atoms with Crippen LogP contribution in [0.5, 0.6) is 0 Å². The van der Waals surface area contributed by atoms with Crippen molar-refractivity contribution in [1.29, 1.82) is 0 Å². The highest BCUT2D eigenvalue weighted by molar-refractivity contribution is 5.94. The van der Waals surface area contributed by atoms with E-state index in [0.717, 1.165) is 30.6 Å². The van der Waals surface area contributed by atoms with Gasteiger partial charge in [-0.15, -0.1) is 0 Å². The maximum Gasteiger partial charge on any atom is 0.251 e. The highest BCUT2D eigenvalue weighted by atomic mass is 16.5. The Kier molecular flexibility index (Phi) is 6.97. The minimum absolute atomic E-state index is 0.0266. The molecule has 4 heteroatoms. The van der Waals surface area contributed by atoms with E-state index < -0.39 is 0 Å². The standard InChI is InChI=1S/C15H24N2O2/c1-4-8-16-14-7-6-13(11-12(14)2)15(18)17-9-5-10-19-3/h6-7,11,16H,4-5,8-10H2,1-3H3,(H,17,18). The summed E-state index contributed by atoms with van der Waals surface area (Å²) in [5, 5.41) is 6.22. The molecular formula is C15H24N2O2. The molecule has 0 fully saturated rings. The smallest absolute Gasteiger partial charge is 0.251 e. The Labute approximate surface area is 115 Å². The van der Waals surface area contributed by atoms with Gasteiger partial charge < -0.3 is 15.4 Å². The summed E-state index contributed by atoms with van der Waals surface area (Å²) in [5.74, 6) is -0.0266. The Bertz CT molecular complexity index is 405. The number of benzene rings is 1. The lowest BCUT2D eigenvalue weighted by Gasteiger charge is -2.10. The van der Waals surface area contributed by atoms with Crippen molar-refractivity contribution >= 4 is 11.6 Å². The second kappa shape index (κ2) is 8.53. The molecule has 1 amide bonds. The van der Waals surface area contributed by atoms with Crippen molar-refractivity contribution in [2.75, 3.05) is 32.1 Å². The molecule has 0 aliphatic carbocycles. The van der Waals surface area contributed by atoms with Crippen LogP contribution in [0, 0.1) is 6.92 Å². The van der Waals surface area contributed by atoms with Crippen LogP contribution in [-0.2, 0) is 4.74 Å². The summed E-state index contributed by atoms with van der Waals surface area (Å²) >= 11 is 0.